The molecular formula is C79H114N2O15. The van der Waals surface area contributed by atoms with Crippen molar-refractivity contribution in [3.63, 3.8) is 0 Å². The number of aliphatic hydroxyl groups is 1. The molecule has 0 aliphatic carbocycles. The van der Waals surface area contributed by atoms with Crippen molar-refractivity contribution >= 4 is 41.7 Å². The molecule has 1 aliphatic heterocycles. The average Bonchev–Trinajstić information content (AvgIpc) is 0.801. The van der Waals surface area contributed by atoms with E-state index in [1.807, 2.05) is 84.9 Å². The van der Waals surface area contributed by atoms with Crippen LogP contribution in [-0.4, -0.2) is 96.2 Å². The lowest BCUT2D eigenvalue weighted by Crippen LogP contribution is -2.66. The summed E-state index contributed by atoms with van der Waals surface area (Å²) in [5.74, 6) is -4.54. The van der Waals surface area contributed by atoms with Gasteiger partial charge in [-0.05, 0) is 60.8 Å². The van der Waals surface area contributed by atoms with Crippen molar-refractivity contribution in [2.45, 2.75) is 301 Å². The fourth-order valence-corrected chi connectivity index (χ4v) is 11.8. The molecule has 96 heavy (non-hydrogen) atoms. The van der Waals surface area contributed by atoms with Crippen LogP contribution in [0.2, 0.25) is 0 Å². The molecule has 1 saturated heterocycles. The monoisotopic (exact) mass is 1330 g/mol. The number of hydrogen-bond acceptors (Lipinski definition) is 15. The molecule has 1 fully saturated rings. The Hall–Kier alpha value is -6.95. The number of amides is 2. The van der Waals surface area contributed by atoms with Gasteiger partial charge in [0, 0.05) is 25.7 Å². The number of carbonyl (C=O) groups excluding carboxylic acids is 7. The molecule has 0 saturated carbocycles. The highest BCUT2D eigenvalue weighted by Gasteiger charge is 2.50. The van der Waals surface area contributed by atoms with Crippen molar-refractivity contribution in [1.82, 2.24) is 10.6 Å². The number of unbranched alkanes of at least 4 members (excludes halogenated alkanes) is 24. The molecule has 0 spiro atoms. The van der Waals surface area contributed by atoms with Gasteiger partial charge in [0.1, 0.15) is 50.7 Å². The lowest BCUT2D eigenvalue weighted by atomic mass is 9.95. The summed E-state index contributed by atoms with van der Waals surface area (Å²) < 4.78 is 42.3. The Bertz CT molecular complexity index is 2680. The number of benzene rings is 4. The summed E-state index contributed by atoms with van der Waals surface area (Å²) in [5.41, 5.74) is 3.48. The first-order valence-corrected chi connectivity index (χ1v) is 36.5. The van der Waals surface area contributed by atoms with E-state index >= 15 is 0 Å². The summed E-state index contributed by atoms with van der Waals surface area (Å²) in [4.78, 5) is 97.3. The molecule has 4 aromatic rings. The molecule has 0 unspecified atom stereocenters. The van der Waals surface area contributed by atoms with Crippen molar-refractivity contribution in [2.24, 2.45) is 0 Å². The molecule has 0 aromatic heterocycles. The number of aliphatic hydroxyl groups excluding tert-OH is 1. The van der Waals surface area contributed by atoms with Gasteiger partial charge in [-0.3, -0.25) is 28.8 Å². The Morgan fingerprint density at radius 1 is 0.438 bits per heavy atom. The highest BCUT2D eigenvalue weighted by Crippen LogP contribution is 2.29. The Labute approximate surface area is 572 Å². The van der Waals surface area contributed by atoms with Crippen LogP contribution < -0.4 is 10.6 Å². The predicted octanol–water partition coefficient (Wildman–Crippen LogP) is 15.7. The minimum Gasteiger partial charge on any atom is -0.461 e. The van der Waals surface area contributed by atoms with Crippen molar-refractivity contribution in [3.05, 3.63) is 144 Å². The highest BCUT2D eigenvalue weighted by molar-refractivity contribution is 5.85. The van der Waals surface area contributed by atoms with E-state index in [1.165, 1.54) is 82.6 Å². The molecule has 0 radical (unpaired) electrons. The number of esters is 5. The summed E-state index contributed by atoms with van der Waals surface area (Å²) in [5, 5.41) is 18.2. The van der Waals surface area contributed by atoms with E-state index in [2.05, 4.69) is 36.6 Å². The number of rotatable bonds is 53. The van der Waals surface area contributed by atoms with Gasteiger partial charge in [-0.2, -0.15) is 0 Å². The smallest absolute Gasteiger partial charge is 0.328 e. The van der Waals surface area contributed by atoms with Crippen molar-refractivity contribution in [2.75, 3.05) is 6.61 Å². The van der Waals surface area contributed by atoms with Crippen LogP contribution >= 0.6 is 0 Å². The third-order valence-corrected chi connectivity index (χ3v) is 17.5. The van der Waals surface area contributed by atoms with Gasteiger partial charge in [0.05, 0.1) is 18.9 Å². The van der Waals surface area contributed by atoms with Gasteiger partial charge in [-0.1, -0.05) is 283 Å². The van der Waals surface area contributed by atoms with Gasteiger partial charge in [0.25, 0.3) is 0 Å². The van der Waals surface area contributed by atoms with E-state index in [-0.39, 0.29) is 51.9 Å². The maximum atomic E-state index is 14.4. The fourth-order valence-electron chi connectivity index (χ4n) is 11.8. The summed E-state index contributed by atoms with van der Waals surface area (Å²) in [6, 6.07) is 34.8. The van der Waals surface area contributed by atoms with E-state index in [0.29, 0.717) is 19.3 Å². The van der Waals surface area contributed by atoms with Gasteiger partial charge in [-0.15, -0.1) is 0 Å². The second-order valence-corrected chi connectivity index (χ2v) is 25.8. The van der Waals surface area contributed by atoms with Crippen LogP contribution in [0.5, 0.6) is 0 Å². The number of hydrogen-bond donors (Lipinski definition) is 3. The van der Waals surface area contributed by atoms with E-state index in [0.717, 1.165) is 100 Å². The molecule has 17 heteroatoms. The van der Waals surface area contributed by atoms with Crippen molar-refractivity contribution < 1.29 is 71.8 Å². The Morgan fingerprint density at radius 3 is 1.29 bits per heavy atom. The van der Waals surface area contributed by atoms with Crippen LogP contribution in [0.3, 0.4) is 0 Å². The van der Waals surface area contributed by atoms with Crippen LogP contribution in [0.25, 0.3) is 0 Å². The third-order valence-electron chi connectivity index (χ3n) is 17.5. The average molecular weight is 1330 g/mol. The molecule has 1 aliphatic rings. The normalized spacial score (nSPS) is 16.3. The zero-order valence-corrected chi connectivity index (χ0v) is 57.8. The molecule has 17 nitrogen and oxygen atoms in total. The van der Waals surface area contributed by atoms with Crippen LogP contribution in [0.1, 0.15) is 254 Å². The molecule has 1 heterocycles. The van der Waals surface area contributed by atoms with Crippen LogP contribution in [-0.2, 0) is 93.0 Å². The maximum Gasteiger partial charge on any atom is 0.328 e. The second kappa shape index (κ2) is 50.4. The van der Waals surface area contributed by atoms with E-state index in [9.17, 15) is 38.7 Å². The first-order chi connectivity index (χ1) is 46.9. The maximum absolute atomic E-state index is 14.4. The van der Waals surface area contributed by atoms with Crippen LogP contribution in [0.15, 0.2) is 121 Å². The Balaban J connectivity index is 1.38. The zero-order chi connectivity index (χ0) is 68.5. The minimum absolute atomic E-state index is 0.00175. The van der Waals surface area contributed by atoms with Gasteiger partial charge >= 0.3 is 29.8 Å². The van der Waals surface area contributed by atoms with E-state index < -0.39 is 104 Å². The number of carbonyl (C=O) groups is 7. The molecule has 2 amide bonds. The topological polar surface area (TPSA) is 228 Å². The Kier molecular flexibility index (Phi) is 41.9. The largest absolute Gasteiger partial charge is 0.461 e. The quantitative estimate of drug-likeness (QED) is 0.0212. The molecule has 0 bridgehead atoms. The standard InChI is InChI=1S/C79H114N2O15/c1-3-5-7-9-11-13-15-17-19-23-40-52-70(83)81-75-77(96-72(85)53-41-25-20-18-16-14-12-10-8-6-4-2)76(88)68(95-79(75)94-66(56-73(86)91-59-64-47-35-28-36-48-64)57-74(87)92-60-65-49-37-29-38-50-65)61-93-78(89)67(54-55-71(84)90-58-63-45-33-27-34-46-63)80-69(82)51-39-24-21-22-30-42-62-43-31-26-32-44-62/h26-29,31-38,43-50,66-68,75-77,79,88H,3-25,30,39-42,51-61H2,1-2H3,(H,80,82)(H,81,83)/t67-,68-,75-,76-,77-,79+/m1/s1. The first-order valence-electron chi connectivity index (χ1n) is 36.5. The van der Waals surface area contributed by atoms with E-state index in [1.54, 1.807) is 24.3 Å². The number of ether oxygens (including phenoxy) is 7. The predicted molar refractivity (Wildman–Crippen MR) is 371 cm³/mol. The summed E-state index contributed by atoms with van der Waals surface area (Å²) >= 11 is 0. The molecule has 6 atom stereocenters. The SMILES string of the molecule is CCCCCCCCCCCCCC(=O)N[C@H]1[C@@H](OC(CC(=O)OCc2ccccc2)CC(=O)OCc2ccccc2)O[C@H](COC(=O)[C@@H](CCC(=O)OCc2ccccc2)NC(=O)CCCCCCCc2ccccc2)[C@@H](O)[C@@H]1OC(=O)CCCCCCCCCCCCC. The van der Waals surface area contributed by atoms with Crippen LogP contribution in [0.4, 0.5) is 0 Å². The molecular weight excluding hydrogens is 1220 g/mol. The zero-order valence-electron chi connectivity index (χ0n) is 57.8. The van der Waals surface area contributed by atoms with Gasteiger partial charge < -0.3 is 48.9 Å². The second-order valence-electron chi connectivity index (χ2n) is 25.8. The van der Waals surface area contributed by atoms with E-state index in [4.69, 9.17) is 33.2 Å². The fraction of sp³-hybridized carbons (Fsp3) is 0.608. The van der Waals surface area contributed by atoms with Crippen molar-refractivity contribution in [1.29, 1.82) is 0 Å². The molecule has 3 N–H and O–H groups in total. The molecule has 5 rings (SSSR count). The molecule has 4 aromatic carbocycles. The summed E-state index contributed by atoms with van der Waals surface area (Å²) in [7, 11) is 0. The summed E-state index contributed by atoms with van der Waals surface area (Å²) in [6.07, 6.45) is 19.6. The number of nitrogens with one attached hydrogen (secondary N) is 2. The van der Waals surface area contributed by atoms with Crippen molar-refractivity contribution in [3.8, 4) is 0 Å². The Morgan fingerprint density at radius 2 is 0.833 bits per heavy atom. The van der Waals surface area contributed by atoms with Gasteiger partial charge in [-0.25, -0.2) is 4.79 Å². The highest BCUT2D eigenvalue weighted by atomic mass is 16.7. The number of aryl methyl sites for hydroxylation is 1. The molecule has 530 valence electrons. The lowest BCUT2D eigenvalue weighted by Gasteiger charge is -2.44. The minimum atomic E-state index is -1.76. The van der Waals surface area contributed by atoms with Crippen LogP contribution in [0, 0.1) is 0 Å². The van der Waals surface area contributed by atoms with Gasteiger partial charge in [0.2, 0.25) is 11.8 Å². The van der Waals surface area contributed by atoms with Gasteiger partial charge in [0.15, 0.2) is 12.4 Å². The third kappa shape index (κ3) is 35.9. The first kappa shape index (κ1) is 79.7. The summed E-state index contributed by atoms with van der Waals surface area (Å²) in [6.45, 7) is 3.57. The lowest BCUT2D eigenvalue weighted by molar-refractivity contribution is -0.286.